The molecule has 100 valence electrons. The standard InChI is InChI=1S/C13H11IO2S3/c1-8-2-3-9(6-12(8)17)19(15,16)10-4-5-11(14)13(18)7-10/h2-7,17-18H,1H3. The molecule has 0 aliphatic heterocycles. The third-order valence-corrected chi connectivity index (χ3v) is 6.69. The summed E-state index contributed by atoms with van der Waals surface area (Å²) in [5, 5.41) is 0. The number of benzene rings is 2. The highest BCUT2D eigenvalue weighted by molar-refractivity contribution is 14.1. The minimum atomic E-state index is -3.52. The van der Waals surface area contributed by atoms with Gasteiger partial charge in [0.05, 0.1) is 9.79 Å². The molecule has 0 fully saturated rings. The summed E-state index contributed by atoms with van der Waals surface area (Å²) >= 11 is 10.6. The van der Waals surface area contributed by atoms with E-state index in [9.17, 15) is 8.42 Å². The van der Waals surface area contributed by atoms with E-state index >= 15 is 0 Å². The molecule has 0 bridgehead atoms. The molecular weight excluding hydrogens is 411 g/mol. The first kappa shape index (κ1) is 15.2. The number of hydrogen-bond donors (Lipinski definition) is 2. The second-order valence-electron chi connectivity index (χ2n) is 4.06. The summed E-state index contributed by atoms with van der Waals surface area (Å²) in [6.45, 7) is 1.88. The van der Waals surface area contributed by atoms with Crippen LogP contribution in [0.4, 0.5) is 0 Å². The van der Waals surface area contributed by atoms with Gasteiger partial charge in [-0.2, -0.15) is 0 Å². The first-order chi connectivity index (χ1) is 8.82. The fraction of sp³-hybridized carbons (Fsp3) is 0.0769. The van der Waals surface area contributed by atoms with Crippen molar-refractivity contribution in [3.05, 3.63) is 45.5 Å². The van der Waals surface area contributed by atoms with Crippen molar-refractivity contribution in [2.75, 3.05) is 0 Å². The second-order valence-corrected chi connectivity index (χ2v) is 8.14. The predicted octanol–water partition coefficient (Wildman–Crippen LogP) is 4.01. The third kappa shape index (κ3) is 3.12. The number of aryl methyl sites for hydroxylation is 1. The van der Waals surface area contributed by atoms with Gasteiger partial charge in [0, 0.05) is 13.4 Å². The highest BCUT2D eigenvalue weighted by atomic mass is 127. The minimum absolute atomic E-state index is 0.245. The highest BCUT2D eigenvalue weighted by Gasteiger charge is 2.18. The average Bonchev–Trinajstić information content (AvgIpc) is 2.35. The van der Waals surface area contributed by atoms with Crippen LogP contribution in [0.3, 0.4) is 0 Å². The third-order valence-electron chi connectivity index (χ3n) is 2.72. The lowest BCUT2D eigenvalue weighted by molar-refractivity contribution is 0.595. The first-order valence-electron chi connectivity index (χ1n) is 5.35. The largest absolute Gasteiger partial charge is 0.219 e. The molecular formula is C13H11IO2S3. The van der Waals surface area contributed by atoms with Crippen LogP contribution in [0.1, 0.15) is 5.56 Å². The Balaban J connectivity index is 2.58. The van der Waals surface area contributed by atoms with Gasteiger partial charge >= 0.3 is 0 Å². The second kappa shape index (κ2) is 5.67. The number of rotatable bonds is 2. The van der Waals surface area contributed by atoms with Gasteiger partial charge in [0.25, 0.3) is 0 Å². The smallest absolute Gasteiger partial charge is 0.206 e. The lowest BCUT2D eigenvalue weighted by atomic mass is 10.2. The Kier molecular flexibility index (Phi) is 4.54. The van der Waals surface area contributed by atoms with Crippen LogP contribution in [0.15, 0.2) is 56.0 Å². The van der Waals surface area contributed by atoms with E-state index in [-0.39, 0.29) is 9.79 Å². The van der Waals surface area contributed by atoms with Gasteiger partial charge in [0.1, 0.15) is 0 Å². The van der Waals surface area contributed by atoms with Crippen molar-refractivity contribution < 1.29 is 8.42 Å². The molecule has 2 nitrogen and oxygen atoms in total. The van der Waals surface area contributed by atoms with Crippen LogP contribution >= 0.6 is 47.8 Å². The molecule has 0 aliphatic rings. The van der Waals surface area contributed by atoms with Crippen molar-refractivity contribution in [1.29, 1.82) is 0 Å². The van der Waals surface area contributed by atoms with Crippen LogP contribution in [-0.4, -0.2) is 8.42 Å². The van der Waals surface area contributed by atoms with Gasteiger partial charge in [-0.1, -0.05) is 6.07 Å². The Morgan fingerprint density at radius 2 is 1.47 bits per heavy atom. The predicted molar refractivity (Wildman–Crippen MR) is 90.3 cm³/mol. The van der Waals surface area contributed by atoms with Crippen molar-refractivity contribution in [2.45, 2.75) is 26.5 Å². The van der Waals surface area contributed by atoms with Crippen LogP contribution in [-0.2, 0) is 9.84 Å². The van der Waals surface area contributed by atoms with Gasteiger partial charge in [0.15, 0.2) is 0 Å². The van der Waals surface area contributed by atoms with Crippen molar-refractivity contribution in [3.63, 3.8) is 0 Å². The molecule has 0 aliphatic carbocycles. The van der Waals surface area contributed by atoms with Crippen LogP contribution in [0, 0.1) is 10.5 Å². The van der Waals surface area contributed by atoms with Gasteiger partial charge < -0.3 is 0 Å². The van der Waals surface area contributed by atoms with Crippen molar-refractivity contribution in [2.24, 2.45) is 0 Å². The summed E-state index contributed by atoms with van der Waals surface area (Å²) in [4.78, 5) is 1.81. The minimum Gasteiger partial charge on any atom is -0.219 e. The van der Waals surface area contributed by atoms with Gasteiger partial charge in [-0.05, 0) is 65.4 Å². The fourth-order valence-electron chi connectivity index (χ4n) is 1.55. The van der Waals surface area contributed by atoms with E-state index < -0.39 is 9.84 Å². The monoisotopic (exact) mass is 422 g/mol. The number of hydrogen-bond acceptors (Lipinski definition) is 4. The maximum absolute atomic E-state index is 12.5. The summed E-state index contributed by atoms with van der Waals surface area (Å²) in [5.41, 5.74) is 0.944. The summed E-state index contributed by atoms with van der Waals surface area (Å²) < 4.78 is 25.9. The molecule has 0 saturated heterocycles. The zero-order valence-corrected chi connectivity index (χ0v) is 14.7. The molecule has 6 heteroatoms. The van der Waals surface area contributed by atoms with Crippen molar-refractivity contribution >= 4 is 57.7 Å². The molecule has 0 spiro atoms. The molecule has 2 aromatic carbocycles. The van der Waals surface area contributed by atoms with E-state index in [2.05, 4.69) is 47.8 Å². The van der Waals surface area contributed by atoms with E-state index in [0.29, 0.717) is 9.79 Å². The number of halogens is 1. The summed E-state index contributed by atoms with van der Waals surface area (Å²) in [5.74, 6) is 0. The molecule has 2 rings (SSSR count). The van der Waals surface area contributed by atoms with Gasteiger partial charge in [-0.3, -0.25) is 0 Å². The first-order valence-corrected chi connectivity index (χ1v) is 8.81. The summed E-state index contributed by atoms with van der Waals surface area (Å²) in [6, 6.07) is 9.83. The molecule has 0 amide bonds. The molecule has 0 radical (unpaired) electrons. The maximum atomic E-state index is 12.5. The van der Waals surface area contributed by atoms with E-state index in [0.717, 1.165) is 9.13 Å². The lowest BCUT2D eigenvalue weighted by Gasteiger charge is -2.08. The van der Waals surface area contributed by atoms with E-state index in [4.69, 9.17) is 0 Å². The van der Waals surface area contributed by atoms with Crippen molar-refractivity contribution in [3.8, 4) is 0 Å². The summed E-state index contributed by atoms with van der Waals surface area (Å²) in [6.07, 6.45) is 0. The Morgan fingerprint density at radius 1 is 0.947 bits per heavy atom. The van der Waals surface area contributed by atoms with Crippen LogP contribution < -0.4 is 0 Å². The number of thiol groups is 2. The topological polar surface area (TPSA) is 34.1 Å². The molecule has 0 saturated carbocycles. The molecule has 2 aromatic rings. The zero-order valence-electron chi connectivity index (χ0n) is 9.96. The fourth-order valence-corrected chi connectivity index (χ4v) is 3.80. The lowest BCUT2D eigenvalue weighted by Crippen LogP contribution is -2.02. The van der Waals surface area contributed by atoms with Gasteiger partial charge in [-0.15, -0.1) is 25.3 Å². The highest BCUT2D eigenvalue weighted by Crippen LogP contribution is 2.27. The quantitative estimate of drug-likeness (QED) is 0.567. The Hall–Kier alpha value is -0.180. The molecule has 0 heterocycles. The van der Waals surface area contributed by atoms with E-state index in [1.165, 1.54) is 0 Å². The maximum Gasteiger partial charge on any atom is 0.206 e. The normalized spacial score (nSPS) is 11.6. The molecule has 0 unspecified atom stereocenters. The molecule has 0 atom stereocenters. The Bertz CT molecular complexity index is 682. The molecule has 0 aromatic heterocycles. The molecule has 19 heavy (non-hydrogen) atoms. The van der Waals surface area contributed by atoms with Crippen LogP contribution in [0.2, 0.25) is 0 Å². The molecule has 0 N–H and O–H groups in total. The van der Waals surface area contributed by atoms with Gasteiger partial charge in [0.2, 0.25) is 9.84 Å². The van der Waals surface area contributed by atoms with Gasteiger partial charge in [-0.25, -0.2) is 8.42 Å². The SMILES string of the molecule is Cc1ccc(S(=O)(=O)c2ccc(I)c(S)c2)cc1S. The van der Waals surface area contributed by atoms with E-state index in [1.807, 2.05) is 6.92 Å². The summed E-state index contributed by atoms with van der Waals surface area (Å²) in [7, 11) is -3.52. The van der Waals surface area contributed by atoms with Crippen LogP contribution in [0.25, 0.3) is 0 Å². The Labute approximate surface area is 137 Å². The average molecular weight is 422 g/mol. The van der Waals surface area contributed by atoms with Crippen molar-refractivity contribution in [1.82, 2.24) is 0 Å². The van der Waals surface area contributed by atoms with E-state index in [1.54, 1.807) is 36.4 Å². The zero-order chi connectivity index (χ0) is 14.2. The Morgan fingerprint density at radius 3 is 2.00 bits per heavy atom. The van der Waals surface area contributed by atoms with Crippen LogP contribution in [0.5, 0.6) is 0 Å². The number of sulfone groups is 1.